The zero-order chi connectivity index (χ0) is 21.3. The number of ether oxygens (including phenoxy) is 1. The van der Waals surface area contributed by atoms with Crippen molar-refractivity contribution in [2.75, 3.05) is 51.6 Å². The van der Waals surface area contributed by atoms with Gasteiger partial charge in [-0.1, -0.05) is 12.1 Å². The lowest BCUT2D eigenvalue weighted by Gasteiger charge is -2.36. The monoisotopic (exact) mass is 556 g/mol. The molecule has 0 radical (unpaired) electrons. The summed E-state index contributed by atoms with van der Waals surface area (Å²) in [5.41, 5.74) is 1.03. The lowest BCUT2D eigenvalue weighted by molar-refractivity contribution is 0.0904. The Labute approximate surface area is 197 Å². The van der Waals surface area contributed by atoms with Crippen LogP contribution < -0.4 is 5.32 Å². The van der Waals surface area contributed by atoms with E-state index < -0.39 is 10.0 Å². The molecule has 0 bridgehead atoms. The average molecular weight is 556 g/mol. The molecule has 1 aliphatic heterocycles. The summed E-state index contributed by atoms with van der Waals surface area (Å²) in [6.07, 6.45) is 0.746. The number of hydrogen-bond donors (Lipinski definition) is 1. The molecule has 172 valence electrons. The van der Waals surface area contributed by atoms with Gasteiger partial charge in [-0.3, -0.25) is 4.99 Å². The quantitative estimate of drug-likeness (QED) is 0.287. The SMILES string of the molecule is CCNC(=NCCc1ccc(F)cc1)N1CCN(S(=O)(=O)CCOC(C)C)CC1.I. The van der Waals surface area contributed by atoms with Gasteiger partial charge in [-0.15, -0.1) is 24.0 Å². The zero-order valence-electron chi connectivity index (χ0n) is 18.0. The van der Waals surface area contributed by atoms with Gasteiger partial charge in [0.05, 0.1) is 18.5 Å². The van der Waals surface area contributed by atoms with Crippen molar-refractivity contribution < 1.29 is 17.5 Å². The first-order chi connectivity index (χ1) is 13.8. The Kier molecular flexibility index (Phi) is 12.1. The van der Waals surface area contributed by atoms with Crippen LogP contribution >= 0.6 is 24.0 Å². The largest absolute Gasteiger partial charge is 0.378 e. The minimum Gasteiger partial charge on any atom is -0.378 e. The van der Waals surface area contributed by atoms with Crippen LogP contribution in [-0.4, -0.2) is 81.3 Å². The molecule has 1 fully saturated rings. The first-order valence-electron chi connectivity index (χ1n) is 10.2. The van der Waals surface area contributed by atoms with E-state index in [2.05, 4.69) is 15.2 Å². The summed E-state index contributed by atoms with van der Waals surface area (Å²) in [6, 6.07) is 6.45. The van der Waals surface area contributed by atoms with Crippen molar-refractivity contribution in [2.45, 2.75) is 33.3 Å². The molecule has 1 aromatic carbocycles. The lowest BCUT2D eigenvalue weighted by Crippen LogP contribution is -2.54. The Morgan fingerprint density at radius 2 is 1.83 bits per heavy atom. The molecule has 30 heavy (non-hydrogen) atoms. The van der Waals surface area contributed by atoms with Crippen molar-refractivity contribution in [3.8, 4) is 0 Å². The normalized spacial score (nSPS) is 15.9. The van der Waals surface area contributed by atoms with Crippen LogP contribution in [0.2, 0.25) is 0 Å². The van der Waals surface area contributed by atoms with Crippen molar-refractivity contribution in [1.82, 2.24) is 14.5 Å². The van der Waals surface area contributed by atoms with Crippen LogP contribution in [0.25, 0.3) is 0 Å². The Morgan fingerprint density at radius 1 is 1.20 bits per heavy atom. The highest BCUT2D eigenvalue weighted by Gasteiger charge is 2.27. The Bertz CT molecular complexity index is 752. The van der Waals surface area contributed by atoms with E-state index in [4.69, 9.17) is 4.74 Å². The second-order valence-corrected chi connectivity index (χ2v) is 9.32. The predicted octanol–water partition coefficient (Wildman–Crippen LogP) is 2.32. The standard InChI is InChI=1S/C20H33FN4O3S.HI/c1-4-22-20(23-10-9-18-5-7-19(21)8-6-18)24-11-13-25(14-12-24)29(26,27)16-15-28-17(2)3;/h5-8,17H,4,9-16H2,1-3H3,(H,22,23);1H. The molecule has 0 unspecified atom stereocenters. The Morgan fingerprint density at radius 3 is 2.40 bits per heavy atom. The Hall–Kier alpha value is -0.980. The smallest absolute Gasteiger partial charge is 0.216 e. The van der Waals surface area contributed by atoms with Gasteiger partial charge >= 0.3 is 0 Å². The van der Waals surface area contributed by atoms with Crippen molar-refractivity contribution >= 4 is 40.0 Å². The van der Waals surface area contributed by atoms with Crippen LogP contribution in [-0.2, 0) is 21.2 Å². The number of halogens is 2. The van der Waals surface area contributed by atoms with Crippen molar-refractivity contribution in [3.05, 3.63) is 35.6 Å². The average Bonchev–Trinajstić information content (AvgIpc) is 2.68. The third-order valence-corrected chi connectivity index (χ3v) is 6.47. The highest BCUT2D eigenvalue weighted by Crippen LogP contribution is 2.10. The van der Waals surface area contributed by atoms with E-state index in [-0.39, 0.29) is 48.3 Å². The minimum atomic E-state index is -3.31. The summed E-state index contributed by atoms with van der Waals surface area (Å²) >= 11 is 0. The van der Waals surface area contributed by atoms with Crippen molar-refractivity contribution in [3.63, 3.8) is 0 Å². The predicted molar refractivity (Wildman–Crippen MR) is 130 cm³/mol. The second-order valence-electron chi connectivity index (χ2n) is 7.23. The minimum absolute atomic E-state index is 0. The van der Waals surface area contributed by atoms with Crippen LogP contribution in [0.3, 0.4) is 0 Å². The summed E-state index contributed by atoms with van der Waals surface area (Å²) in [6.45, 7) is 9.38. The topological polar surface area (TPSA) is 74.2 Å². The molecule has 1 aliphatic rings. The highest BCUT2D eigenvalue weighted by molar-refractivity contribution is 14.0. The van der Waals surface area contributed by atoms with Crippen LogP contribution in [0.1, 0.15) is 26.3 Å². The fraction of sp³-hybridized carbons (Fsp3) is 0.650. The van der Waals surface area contributed by atoms with E-state index in [1.54, 1.807) is 12.1 Å². The molecule has 0 aliphatic carbocycles. The summed E-state index contributed by atoms with van der Waals surface area (Å²) in [7, 11) is -3.31. The number of guanidine groups is 1. The molecule has 0 amide bonds. The lowest BCUT2D eigenvalue weighted by atomic mass is 10.1. The maximum absolute atomic E-state index is 13.0. The van der Waals surface area contributed by atoms with Gasteiger partial charge in [0, 0.05) is 39.3 Å². The van der Waals surface area contributed by atoms with Crippen LogP contribution in [0.15, 0.2) is 29.3 Å². The number of nitrogens with zero attached hydrogens (tertiary/aromatic N) is 3. The van der Waals surface area contributed by atoms with Gasteiger partial charge in [0.2, 0.25) is 10.0 Å². The van der Waals surface area contributed by atoms with Gasteiger partial charge in [-0.05, 0) is 44.9 Å². The number of nitrogens with one attached hydrogen (secondary N) is 1. The number of hydrogen-bond acceptors (Lipinski definition) is 4. The number of sulfonamides is 1. The van der Waals surface area contributed by atoms with Gasteiger partial charge in [0.25, 0.3) is 0 Å². The summed E-state index contributed by atoms with van der Waals surface area (Å²) in [5.74, 6) is 0.556. The second kappa shape index (κ2) is 13.4. The number of rotatable bonds is 9. The third-order valence-electron chi connectivity index (χ3n) is 4.63. The summed E-state index contributed by atoms with van der Waals surface area (Å²) in [5, 5.41) is 3.28. The summed E-state index contributed by atoms with van der Waals surface area (Å²) < 4.78 is 44.9. The molecular weight excluding hydrogens is 522 g/mol. The van der Waals surface area contributed by atoms with E-state index in [9.17, 15) is 12.8 Å². The summed E-state index contributed by atoms with van der Waals surface area (Å²) in [4.78, 5) is 6.75. The van der Waals surface area contributed by atoms with E-state index in [0.29, 0.717) is 32.7 Å². The fourth-order valence-corrected chi connectivity index (χ4v) is 4.35. The van der Waals surface area contributed by atoms with Crippen LogP contribution in [0, 0.1) is 5.82 Å². The highest BCUT2D eigenvalue weighted by atomic mass is 127. The van der Waals surface area contributed by atoms with E-state index in [1.165, 1.54) is 16.4 Å². The first kappa shape index (κ1) is 27.1. The fourth-order valence-electron chi connectivity index (χ4n) is 3.06. The molecule has 0 spiro atoms. The van der Waals surface area contributed by atoms with Gasteiger partial charge < -0.3 is 15.0 Å². The maximum atomic E-state index is 13.0. The van der Waals surface area contributed by atoms with E-state index >= 15 is 0 Å². The molecule has 2 rings (SSSR count). The number of piperazine rings is 1. The van der Waals surface area contributed by atoms with Crippen LogP contribution in [0.4, 0.5) is 4.39 Å². The molecule has 1 N–H and O–H groups in total. The molecule has 0 atom stereocenters. The van der Waals surface area contributed by atoms with Crippen molar-refractivity contribution in [2.24, 2.45) is 4.99 Å². The third kappa shape index (κ3) is 9.03. The maximum Gasteiger partial charge on any atom is 0.216 e. The molecule has 1 heterocycles. The molecule has 1 saturated heterocycles. The molecule has 0 aromatic heterocycles. The van der Waals surface area contributed by atoms with Gasteiger partial charge in [-0.25, -0.2) is 12.8 Å². The molecular formula is C20H34FIN4O3S. The van der Waals surface area contributed by atoms with Gasteiger partial charge in [0.1, 0.15) is 5.82 Å². The van der Waals surface area contributed by atoms with Gasteiger partial charge in [-0.2, -0.15) is 4.31 Å². The molecule has 0 saturated carbocycles. The van der Waals surface area contributed by atoms with E-state index in [1.807, 2.05) is 20.8 Å². The van der Waals surface area contributed by atoms with E-state index in [0.717, 1.165) is 24.5 Å². The molecule has 1 aromatic rings. The van der Waals surface area contributed by atoms with Crippen molar-refractivity contribution in [1.29, 1.82) is 0 Å². The number of benzene rings is 1. The van der Waals surface area contributed by atoms with Gasteiger partial charge in [0.15, 0.2) is 5.96 Å². The Balaban J connectivity index is 0.00000450. The number of aliphatic imine (C=N–C) groups is 1. The zero-order valence-corrected chi connectivity index (χ0v) is 21.2. The van der Waals surface area contributed by atoms with Crippen LogP contribution in [0.5, 0.6) is 0 Å². The first-order valence-corrected chi connectivity index (χ1v) is 11.8. The molecule has 7 nitrogen and oxygen atoms in total. The molecule has 10 heteroatoms.